The third-order valence-corrected chi connectivity index (χ3v) is 3.20. The smallest absolute Gasteiger partial charge is 0.0522 e. The Labute approximate surface area is 113 Å². The SMILES string of the molecule is C=NN(CCCC)/C(=C\N)CCCCCCCC. The van der Waals surface area contributed by atoms with Crippen molar-refractivity contribution in [3.8, 4) is 0 Å². The normalized spacial score (nSPS) is 11.6. The molecule has 0 rings (SSSR count). The predicted molar refractivity (Wildman–Crippen MR) is 81.4 cm³/mol. The zero-order valence-corrected chi connectivity index (χ0v) is 12.3. The number of unbranched alkanes of at least 4 members (excludes halogenated alkanes) is 6. The van der Waals surface area contributed by atoms with Gasteiger partial charge in [0.2, 0.25) is 0 Å². The van der Waals surface area contributed by atoms with E-state index in [1.54, 1.807) is 6.20 Å². The van der Waals surface area contributed by atoms with Crippen LogP contribution in [0.15, 0.2) is 17.0 Å². The topological polar surface area (TPSA) is 41.6 Å². The zero-order valence-electron chi connectivity index (χ0n) is 12.3. The Kier molecular flexibility index (Phi) is 11.8. The molecule has 106 valence electrons. The second kappa shape index (κ2) is 12.5. The Morgan fingerprint density at radius 3 is 2.22 bits per heavy atom. The van der Waals surface area contributed by atoms with Crippen molar-refractivity contribution in [2.45, 2.75) is 71.6 Å². The molecule has 0 amide bonds. The molecule has 0 bridgehead atoms. The van der Waals surface area contributed by atoms with Crippen LogP contribution >= 0.6 is 0 Å². The number of rotatable bonds is 12. The average Bonchev–Trinajstić information content (AvgIpc) is 2.40. The summed E-state index contributed by atoms with van der Waals surface area (Å²) < 4.78 is 0. The first-order chi connectivity index (χ1) is 8.79. The van der Waals surface area contributed by atoms with Crippen molar-refractivity contribution in [2.24, 2.45) is 10.8 Å². The second-order valence-electron chi connectivity index (χ2n) is 4.79. The minimum Gasteiger partial charge on any atom is -0.403 e. The van der Waals surface area contributed by atoms with Crippen molar-refractivity contribution in [1.82, 2.24) is 5.01 Å². The van der Waals surface area contributed by atoms with Gasteiger partial charge in [0.25, 0.3) is 0 Å². The Morgan fingerprint density at radius 2 is 1.67 bits per heavy atom. The van der Waals surface area contributed by atoms with E-state index in [0.717, 1.165) is 25.1 Å². The van der Waals surface area contributed by atoms with Crippen LogP contribution in [0.5, 0.6) is 0 Å². The summed E-state index contributed by atoms with van der Waals surface area (Å²) in [6.45, 7) is 8.99. The van der Waals surface area contributed by atoms with Crippen molar-refractivity contribution in [1.29, 1.82) is 0 Å². The number of hydrazone groups is 1. The molecule has 0 aliphatic heterocycles. The Balaban J connectivity index is 3.83. The van der Waals surface area contributed by atoms with Crippen LogP contribution in [0.4, 0.5) is 0 Å². The maximum absolute atomic E-state index is 5.69. The van der Waals surface area contributed by atoms with Crippen LogP contribution in [0.2, 0.25) is 0 Å². The van der Waals surface area contributed by atoms with E-state index < -0.39 is 0 Å². The molecule has 0 atom stereocenters. The van der Waals surface area contributed by atoms with Crippen molar-refractivity contribution < 1.29 is 0 Å². The van der Waals surface area contributed by atoms with E-state index in [-0.39, 0.29) is 0 Å². The van der Waals surface area contributed by atoms with E-state index in [2.05, 4.69) is 25.7 Å². The quantitative estimate of drug-likeness (QED) is 0.321. The molecule has 0 fully saturated rings. The fourth-order valence-corrected chi connectivity index (χ4v) is 2.00. The first kappa shape index (κ1) is 17.0. The predicted octanol–water partition coefficient (Wildman–Crippen LogP) is 4.25. The van der Waals surface area contributed by atoms with Crippen LogP contribution in [-0.4, -0.2) is 18.3 Å². The summed E-state index contributed by atoms with van der Waals surface area (Å²) in [5, 5.41) is 6.01. The molecule has 0 heterocycles. The molecule has 0 radical (unpaired) electrons. The maximum atomic E-state index is 5.69. The van der Waals surface area contributed by atoms with Crippen LogP contribution in [0.1, 0.15) is 71.6 Å². The number of hydrogen-bond acceptors (Lipinski definition) is 3. The van der Waals surface area contributed by atoms with Gasteiger partial charge in [-0.2, -0.15) is 5.10 Å². The van der Waals surface area contributed by atoms with E-state index in [1.807, 2.05) is 5.01 Å². The van der Waals surface area contributed by atoms with Gasteiger partial charge < -0.3 is 5.73 Å². The highest BCUT2D eigenvalue weighted by Crippen LogP contribution is 2.15. The molecule has 0 aliphatic rings. The fraction of sp³-hybridized carbons (Fsp3) is 0.800. The molecule has 0 aromatic rings. The van der Waals surface area contributed by atoms with Gasteiger partial charge >= 0.3 is 0 Å². The maximum Gasteiger partial charge on any atom is 0.0522 e. The van der Waals surface area contributed by atoms with Crippen molar-refractivity contribution in [3.63, 3.8) is 0 Å². The number of nitrogens with two attached hydrogens (primary N) is 1. The van der Waals surface area contributed by atoms with E-state index >= 15 is 0 Å². The monoisotopic (exact) mass is 253 g/mol. The lowest BCUT2D eigenvalue weighted by molar-refractivity contribution is 0.341. The fourth-order valence-electron chi connectivity index (χ4n) is 2.00. The first-order valence-corrected chi connectivity index (χ1v) is 7.45. The van der Waals surface area contributed by atoms with Gasteiger partial charge in [-0.3, -0.25) is 5.01 Å². The van der Waals surface area contributed by atoms with Crippen LogP contribution < -0.4 is 5.73 Å². The summed E-state index contributed by atoms with van der Waals surface area (Å²) in [6.07, 6.45) is 12.9. The van der Waals surface area contributed by atoms with Gasteiger partial charge in [-0.05, 0) is 19.3 Å². The van der Waals surface area contributed by atoms with Gasteiger partial charge in [-0.25, -0.2) is 0 Å². The van der Waals surface area contributed by atoms with Crippen molar-refractivity contribution in [2.75, 3.05) is 6.54 Å². The van der Waals surface area contributed by atoms with Gasteiger partial charge in [0.1, 0.15) is 0 Å². The molecule has 3 nitrogen and oxygen atoms in total. The summed E-state index contributed by atoms with van der Waals surface area (Å²) in [4.78, 5) is 0. The third-order valence-electron chi connectivity index (χ3n) is 3.20. The standard InChI is InChI=1S/C15H31N3/c1-4-6-8-9-10-11-12-15(14-16)18(17-3)13-7-5-2/h14H,3-13,16H2,1-2H3/b15-14-. The third kappa shape index (κ3) is 8.15. The van der Waals surface area contributed by atoms with Crippen LogP contribution in [0, 0.1) is 0 Å². The van der Waals surface area contributed by atoms with Crippen LogP contribution in [0.3, 0.4) is 0 Å². The molecule has 0 saturated heterocycles. The minimum absolute atomic E-state index is 0.929. The van der Waals surface area contributed by atoms with E-state index in [1.165, 1.54) is 44.9 Å². The van der Waals surface area contributed by atoms with E-state index in [0.29, 0.717) is 0 Å². The highest BCUT2D eigenvalue weighted by molar-refractivity contribution is 5.23. The van der Waals surface area contributed by atoms with Crippen molar-refractivity contribution >= 4 is 6.72 Å². The summed E-state index contributed by atoms with van der Waals surface area (Å²) in [6, 6.07) is 0. The minimum atomic E-state index is 0.929. The molecule has 2 N–H and O–H groups in total. The van der Waals surface area contributed by atoms with E-state index in [4.69, 9.17) is 5.73 Å². The molecular weight excluding hydrogens is 222 g/mol. The Morgan fingerprint density at radius 1 is 1.06 bits per heavy atom. The molecule has 0 saturated carbocycles. The zero-order chi connectivity index (χ0) is 13.6. The number of allylic oxidation sites excluding steroid dienone is 1. The summed E-state index contributed by atoms with van der Waals surface area (Å²) in [5.74, 6) is 0. The van der Waals surface area contributed by atoms with Crippen LogP contribution in [-0.2, 0) is 0 Å². The molecule has 0 aromatic carbocycles. The van der Waals surface area contributed by atoms with Gasteiger partial charge in [0, 0.05) is 19.5 Å². The highest BCUT2D eigenvalue weighted by Gasteiger charge is 2.06. The molecule has 0 spiro atoms. The lowest BCUT2D eigenvalue weighted by Crippen LogP contribution is -2.19. The summed E-state index contributed by atoms with van der Waals surface area (Å²) >= 11 is 0. The van der Waals surface area contributed by atoms with Gasteiger partial charge in [0.15, 0.2) is 0 Å². The van der Waals surface area contributed by atoms with Crippen molar-refractivity contribution in [3.05, 3.63) is 11.9 Å². The Bertz CT molecular complexity index is 224. The molecule has 0 aromatic heterocycles. The first-order valence-electron chi connectivity index (χ1n) is 7.45. The second-order valence-corrected chi connectivity index (χ2v) is 4.79. The number of hydrogen-bond donors (Lipinski definition) is 1. The molecule has 3 heteroatoms. The van der Waals surface area contributed by atoms with E-state index in [9.17, 15) is 0 Å². The summed E-state index contributed by atoms with van der Waals surface area (Å²) in [7, 11) is 0. The largest absolute Gasteiger partial charge is 0.403 e. The lowest BCUT2D eigenvalue weighted by atomic mass is 10.1. The lowest BCUT2D eigenvalue weighted by Gasteiger charge is -2.21. The average molecular weight is 253 g/mol. The Hall–Kier alpha value is -0.990. The molecule has 0 unspecified atom stereocenters. The molecule has 18 heavy (non-hydrogen) atoms. The van der Waals surface area contributed by atoms with Crippen LogP contribution in [0.25, 0.3) is 0 Å². The molecular formula is C15H31N3. The van der Waals surface area contributed by atoms with Gasteiger partial charge in [0.05, 0.1) is 5.70 Å². The summed E-state index contributed by atoms with van der Waals surface area (Å²) in [5.41, 5.74) is 6.81. The molecule has 0 aliphatic carbocycles. The van der Waals surface area contributed by atoms with Gasteiger partial charge in [-0.1, -0.05) is 52.4 Å². The van der Waals surface area contributed by atoms with Gasteiger partial charge in [-0.15, -0.1) is 0 Å². The number of nitrogens with zero attached hydrogens (tertiary/aromatic N) is 2. The highest BCUT2D eigenvalue weighted by atomic mass is 15.4.